The fourth-order valence-electron chi connectivity index (χ4n) is 6.46. The van der Waals surface area contributed by atoms with Crippen LogP contribution in [0.1, 0.15) is 53.0 Å². The summed E-state index contributed by atoms with van der Waals surface area (Å²) in [6.07, 6.45) is 3.73. The van der Waals surface area contributed by atoms with Crippen LogP contribution in [0.5, 0.6) is 0 Å². The standard InChI is InChI=1S/C26H19FNO.C18H24GeN.Ir/c1-15-11-16(2)25(17(3)12-15)18-9-10-28-23(13-18)22-6-4-5-21-20-8-7-19(27)14-24(20)29-26(21)22;1-13(2)16-11-18(15-9-7-14(3)8-10-15)20-12-17(16)19(4,5)6;/h4-5,7-14H,1-3H3;7-9,11-13H,1-6H3;/q2*-1;/i;3D3,13D;. The predicted octanol–water partition coefficient (Wildman–Crippen LogP) is 11.7. The molecule has 4 aromatic carbocycles. The van der Waals surface area contributed by atoms with E-state index in [1.54, 1.807) is 18.2 Å². The van der Waals surface area contributed by atoms with Gasteiger partial charge in [-0.15, -0.1) is 18.2 Å². The van der Waals surface area contributed by atoms with E-state index >= 15 is 0 Å². The van der Waals surface area contributed by atoms with Crippen LogP contribution in [-0.2, 0) is 20.1 Å². The molecule has 0 atom stereocenters. The zero-order valence-electron chi connectivity index (χ0n) is 33.7. The van der Waals surface area contributed by atoms with Crippen LogP contribution >= 0.6 is 0 Å². The van der Waals surface area contributed by atoms with E-state index in [0.29, 0.717) is 11.2 Å². The van der Waals surface area contributed by atoms with Gasteiger partial charge in [0.15, 0.2) is 0 Å². The number of furan rings is 1. The monoisotopic (exact) mass is 905 g/mol. The van der Waals surface area contributed by atoms with Gasteiger partial charge in [-0.3, -0.25) is 0 Å². The zero-order valence-corrected chi connectivity index (χ0v) is 34.2. The summed E-state index contributed by atoms with van der Waals surface area (Å²) in [6.45, 7) is 8.05. The van der Waals surface area contributed by atoms with Crippen LogP contribution in [0.25, 0.3) is 55.6 Å². The Morgan fingerprint density at radius 2 is 1.60 bits per heavy atom. The van der Waals surface area contributed by atoms with E-state index in [2.05, 4.69) is 78.3 Å². The van der Waals surface area contributed by atoms with E-state index in [1.165, 1.54) is 44.8 Å². The molecule has 0 fully saturated rings. The van der Waals surface area contributed by atoms with Gasteiger partial charge in [0, 0.05) is 37.8 Å². The fraction of sp³-hybridized carbons (Fsp3) is 0.227. The summed E-state index contributed by atoms with van der Waals surface area (Å²) in [5.74, 6) is 5.87. The largest absolute Gasteiger partial charge is 0 e. The van der Waals surface area contributed by atoms with Crippen molar-refractivity contribution in [1.29, 1.82) is 0 Å². The van der Waals surface area contributed by atoms with Crippen molar-refractivity contribution in [2.24, 2.45) is 0 Å². The zero-order chi connectivity index (χ0) is 38.5. The Labute approximate surface area is 317 Å². The van der Waals surface area contributed by atoms with Gasteiger partial charge in [-0.05, 0) is 66.9 Å². The molecule has 3 aromatic heterocycles. The molecule has 7 rings (SSSR count). The third-order valence-corrected chi connectivity index (χ3v) is 12.9. The van der Waals surface area contributed by atoms with Crippen LogP contribution in [0.15, 0.2) is 95.7 Å². The minimum absolute atomic E-state index is 0. The average molecular weight is 904 g/mol. The predicted molar refractivity (Wildman–Crippen MR) is 206 cm³/mol. The average Bonchev–Trinajstić information content (AvgIpc) is 3.45. The molecular weight excluding hydrogens is 856 g/mol. The van der Waals surface area contributed by atoms with E-state index in [1.807, 2.05) is 50.5 Å². The first-order chi connectivity index (χ1) is 24.8. The third-order valence-electron chi connectivity index (χ3n) is 8.72. The Kier molecular flexibility index (Phi) is 9.71. The van der Waals surface area contributed by atoms with Crippen molar-refractivity contribution in [3.05, 3.63) is 137 Å². The number of fused-ring (bicyclic) bond motifs is 3. The Hall–Kier alpha value is -3.90. The van der Waals surface area contributed by atoms with Gasteiger partial charge in [-0.1, -0.05) is 34.7 Å². The van der Waals surface area contributed by atoms with Crippen LogP contribution in [0.3, 0.4) is 0 Å². The van der Waals surface area contributed by atoms with Gasteiger partial charge in [0.2, 0.25) is 0 Å². The summed E-state index contributed by atoms with van der Waals surface area (Å²) in [6, 6.07) is 30.0. The molecule has 0 saturated carbocycles. The molecule has 0 aliphatic rings. The van der Waals surface area contributed by atoms with Gasteiger partial charge in [-0.2, -0.15) is 0 Å². The summed E-state index contributed by atoms with van der Waals surface area (Å²) in [5, 5.41) is 1.82. The Bertz CT molecular complexity index is 2440. The number of rotatable bonds is 5. The van der Waals surface area contributed by atoms with Crippen LogP contribution < -0.4 is 4.40 Å². The topological polar surface area (TPSA) is 38.9 Å². The molecule has 0 amide bonds. The third kappa shape index (κ3) is 7.86. The maximum absolute atomic E-state index is 13.7. The van der Waals surface area contributed by atoms with Crippen molar-refractivity contribution in [2.45, 2.75) is 64.6 Å². The van der Waals surface area contributed by atoms with Gasteiger partial charge in [0.25, 0.3) is 0 Å². The first-order valence-electron chi connectivity index (χ1n) is 18.4. The molecule has 0 bridgehead atoms. The van der Waals surface area contributed by atoms with Gasteiger partial charge in [0.05, 0.1) is 5.58 Å². The number of hydrogen-bond acceptors (Lipinski definition) is 3. The fourth-order valence-corrected chi connectivity index (χ4v) is 9.78. The van der Waals surface area contributed by atoms with Crippen molar-refractivity contribution in [3.63, 3.8) is 0 Å². The maximum atomic E-state index is 13.7. The molecule has 50 heavy (non-hydrogen) atoms. The molecule has 3 heterocycles. The van der Waals surface area contributed by atoms with E-state index in [9.17, 15) is 4.39 Å². The van der Waals surface area contributed by atoms with E-state index in [4.69, 9.17) is 9.90 Å². The number of benzene rings is 4. The minimum atomic E-state index is -2.14. The van der Waals surface area contributed by atoms with E-state index in [0.717, 1.165) is 44.4 Å². The summed E-state index contributed by atoms with van der Waals surface area (Å²) < 4.78 is 51.7. The second-order valence-electron chi connectivity index (χ2n) is 13.9. The molecule has 1 radical (unpaired) electrons. The minimum Gasteiger partial charge on any atom is 0 e. The van der Waals surface area contributed by atoms with Crippen LogP contribution in [-0.4, -0.2) is 23.2 Å². The van der Waals surface area contributed by atoms with Crippen molar-refractivity contribution >= 4 is 39.6 Å². The first kappa shape index (κ1) is 32.0. The number of aromatic nitrogens is 2. The number of nitrogens with zero attached hydrogens (tertiary/aromatic N) is 2. The van der Waals surface area contributed by atoms with E-state index < -0.39 is 26.0 Å². The van der Waals surface area contributed by atoms with Crippen molar-refractivity contribution < 1.29 is 34.4 Å². The summed E-state index contributed by atoms with van der Waals surface area (Å²) in [7, 11) is 0. The maximum Gasteiger partial charge on any atom is 0 e. The molecule has 0 N–H and O–H groups in total. The molecule has 0 saturated heterocycles. The second kappa shape index (κ2) is 15.1. The van der Waals surface area contributed by atoms with Crippen LogP contribution in [0.2, 0.25) is 17.3 Å². The molecule has 0 unspecified atom stereocenters. The molecule has 257 valence electrons. The Balaban J connectivity index is 0.000000208. The number of aryl methyl sites for hydroxylation is 4. The van der Waals surface area contributed by atoms with Crippen LogP contribution in [0.4, 0.5) is 4.39 Å². The molecule has 0 aliphatic carbocycles. The first-order valence-corrected chi connectivity index (χ1v) is 23.8. The number of halogens is 1. The molecule has 0 spiro atoms. The number of hydrogen-bond donors (Lipinski definition) is 0. The molecule has 6 heteroatoms. The summed E-state index contributed by atoms with van der Waals surface area (Å²) in [5.41, 5.74) is 11.6. The smallest absolute Gasteiger partial charge is 0 e. The normalized spacial score (nSPS) is 13.1. The van der Waals surface area contributed by atoms with Gasteiger partial charge in [-0.25, -0.2) is 4.39 Å². The number of pyridine rings is 2. The molecular formula is C44H43FGeIrN2O-2. The molecule has 7 aromatic rings. The van der Waals surface area contributed by atoms with Gasteiger partial charge >= 0.3 is 131 Å². The van der Waals surface area contributed by atoms with Crippen molar-refractivity contribution in [3.8, 4) is 33.6 Å². The van der Waals surface area contributed by atoms with Crippen molar-refractivity contribution in [2.75, 3.05) is 0 Å². The second-order valence-corrected chi connectivity index (χ2v) is 24.5. The Morgan fingerprint density at radius 3 is 2.26 bits per heavy atom. The SMILES string of the molecule is Cc1cc(C)c(-c2ccnc(-c3[c-]ccc4c3oc3cc(F)ccc34)c2)c(C)c1.[2H]C([2H])([2H])c1c[c-]c(-c2cc(C([2H])(C)C)[c]([Ge]([CH3])([CH3])[CH3])cn2)cc1.[Ir]. The van der Waals surface area contributed by atoms with E-state index in [-0.39, 0.29) is 31.5 Å². The Morgan fingerprint density at radius 1 is 0.840 bits per heavy atom. The van der Waals surface area contributed by atoms with Gasteiger partial charge < -0.3 is 9.40 Å². The van der Waals surface area contributed by atoms with Gasteiger partial charge in [0.1, 0.15) is 11.4 Å². The molecule has 3 nitrogen and oxygen atoms in total. The quantitative estimate of drug-likeness (QED) is 0.128. The summed E-state index contributed by atoms with van der Waals surface area (Å²) >= 11 is -2.14. The van der Waals surface area contributed by atoms with Crippen molar-refractivity contribution in [1.82, 2.24) is 9.97 Å². The van der Waals surface area contributed by atoms with Crippen LogP contribution in [0, 0.1) is 45.6 Å². The molecule has 0 aliphatic heterocycles. The summed E-state index contributed by atoms with van der Waals surface area (Å²) in [4.78, 5) is 9.16.